The molecule has 1 aromatic rings. The molecule has 0 fully saturated rings. The van der Waals surface area contributed by atoms with Gasteiger partial charge in [-0.3, -0.25) is 4.79 Å². The van der Waals surface area contributed by atoms with Crippen molar-refractivity contribution in [1.29, 1.82) is 0 Å². The molecule has 21 heavy (non-hydrogen) atoms. The molecule has 1 aliphatic heterocycles. The lowest BCUT2D eigenvalue weighted by molar-refractivity contribution is -0.125. The lowest BCUT2D eigenvalue weighted by Crippen LogP contribution is -2.52. The molecule has 0 bridgehead atoms. The minimum Gasteiger partial charge on any atom is -0.351 e. The third-order valence-corrected chi connectivity index (χ3v) is 5.48. The van der Waals surface area contributed by atoms with Crippen LogP contribution in [0.1, 0.15) is 18.1 Å². The topological polar surface area (TPSA) is 66.5 Å². The summed E-state index contributed by atoms with van der Waals surface area (Å²) in [7, 11) is -3.44. The molecule has 1 amide bonds. The van der Waals surface area contributed by atoms with Crippen molar-refractivity contribution in [1.82, 2.24) is 9.62 Å². The fraction of sp³-hybridized carbons (Fsp3) is 0.400. The summed E-state index contributed by atoms with van der Waals surface area (Å²) in [5.74, 6) is -0.290. The Morgan fingerprint density at radius 3 is 2.71 bits per heavy atom. The average molecular weight is 308 g/mol. The smallest absolute Gasteiger partial charge is 0.239 e. The molecule has 1 heterocycles. The van der Waals surface area contributed by atoms with Crippen LogP contribution >= 0.6 is 0 Å². The van der Waals surface area contributed by atoms with Gasteiger partial charge in [-0.2, -0.15) is 4.31 Å². The van der Waals surface area contributed by atoms with Crippen LogP contribution in [0.3, 0.4) is 0 Å². The Kier molecular flexibility index (Phi) is 4.80. The number of nitrogens with one attached hydrogen (secondary N) is 1. The molecule has 0 saturated heterocycles. The second-order valence-corrected chi connectivity index (χ2v) is 7.18. The van der Waals surface area contributed by atoms with Gasteiger partial charge < -0.3 is 5.32 Å². The fourth-order valence-electron chi connectivity index (χ4n) is 2.47. The Hall–Kier alpha value is -1.66. The van der Waals surface area contributed by atoms with Crippen LogP contribution < -0.4 is 5.32 Å². The predicted molar refractivity (Wildman–Crippen MR) is 82.1 cm³/mol. The molecule has 6 heteroatoms. The van der Waals surface area contributed by atoms with Crippen LogP contribution in [0, 0.1) is 0 Å². The van der Waals surface area contributed by atoms with E-state index in [0.717, 1.165) is 11.1 Å². The maximum absolute atomic E-state index is 12.3. The first-order valence-electron chi connectivity index (χ1n) is 6.94. The number of sulfonamides is 1. The molecule has 1 atom stereocenters. The standard InChI is InChI=1S/C15H20N2O3S/c1-3-9-16-15(18)14-10-12-7-5-6-8-13(12)11-17(14)21(19,20)4-2/h3,5-8,14H,1,4,9-11H2,2H3,(H,16,18)/t14-/m0/s1. The molecule has 2 rings (SSSR count). The second kappa shape index (κ2) is 6.41. The van der Waals surface area contributed by atoms with Gasteiger partial charge in [0.15, 0.2) is 0 Å². The molecule has 1 aromatic carbocycles. The van der Waals surface area contributed by atoms with E-state index in [2.05, 4.69) is 11.9 Å². The van der Waals surface area contributed by atoms with Crippen LogP contribution in [0.25, 0.3) is 0 Å². The summed E-state index contributed by atoms with van der Waals surface area (Å²) in [6.45, 7) is 5.72. The maximum Gasteiger partial charge on any atom is 0.239 e. The van der Waals surface area contributed by atoms with Crippen molar-refractivity contribution in [2.24, 2.45) is 0 Å². The summed E-state index contributed by atoms with van der Waals surface area (Å²) >= 11 is 0. The maximum atomic E-state index is 12.3. The SMILES string of the molecule is C=CCNC(=O)[C@@H]1Cc2ccccc2CN1S(=O)(=O)CC. The summed E-state index contributed by atoms with van der Waals surface area (Å²) in [5.41, 5.74) is 1.99. The molecular weight excluding hydrogens is 288 g/mol. The van der Waals surface area contributed by atoms with Gasteiger partial charge in [0.25, 0.3) is 0 Å². The second-order valence-electron chi connectivity index (χ2n) is 4.97. The molecular formula is C15H20N2O3S. The highest BCUT2D eigenvalue weighted by molar-refractivity contribution is 7.89. The number of hydrogen-bond donors (Lipinski definition) is 1. The Labute approximate surface area is 125 Å². The molecule has 114 valence electrons. The van der Waals surface area contributed by atoms with E-state index in [1.807, 2.05) is 24.3 Å². The van der Waals surface area contributed by atoms with Gasteiger partial charge in [-0.25, -0.2) is 8.42 Å². The lowest BCUT2D eigenvalue weighted by atomic mass is 9.95. The van der Waals surface area contributed by atoms with E-state index in [4.69, 9.17) is 0 Å². The van der Waals surface area contributed by atoms with Crippen LogP contribution in [0.5, 0.6) is 0 Å². The number of amides is 1. The van der Waals surface area contributed by atoms with Gasteiger partial charge in [-0.05, 0) is 24.5 Å². The normalized spacial score (nSPS) is 18.8. The van der Waals surface area contributed by atoms with E-state index in [1.54, 1.807) is 13.0 Å². The number of nitrogens with zero attached hydrogens (tertiary/aromatic N) is 1. The molecule has 0 unspecified atom stereocenters. The van der Waals surface area contributed by atoms with Crippen LogP contribution in [0.2, 0.25) is 0 Å². The highest BCUT2D eigenvalue weighted by Gasteiger charge is 2.37. The highest BCUT2D eigenvalue weighted by atomic mass is 32.2. The molecule has 0 radical (unpaired) electrons. The first-order chi connectivity index (χ1) is 9.99. The molecule has 0 saturated carbocycles. The number of benzene rings is 1. The van der Waals surface area contributed by atoms with Gasteiger partial charge in [-0.1, -0.05) is 30.3 Å². The number of carbonyl (C=O) groups excluding carboxylic acids is 1. The number of rotatable bonds is 5. The zero-order chi connectivity index (χ0) is 15.5. The highest BCUT2D eigenvalue weighted by Crippen LogP contribution is 2.26. The van der Waals surface area contributed by atoms with Crippen molar-refractivity contribution in [3.8, 4) is 0 Å². The van der Waals surface area contributed by atoms with Crippen molar-refractivity contribution < 1.29 is 13.2 Å². The fourth-order valence-corrected chi connectivity index (χ4v) is 3.70. The Bertz CT molecular complexity index is 640. The van der Waals surface area contributed by atoms with E-state index in [-0.39, 0.29) is 18.2 Å². The zero-order valence-corrected chi connectivity index (χ0v) is 12.9. The summed E-state index contributed by atoms with van der Waals surface area (Å²) in [5, 5.41) is 2.70. The summed E-state index contributed by atoms with van der Waals surface area (Å²) in [6, 6.07) is 6.95. The van der Waals surface area contributed by atoms with Crippen LogP contribution in [-0.2, 0) is 27.8 Å². The number of hydrogen-bond acceptors (Lipinski definition) is 3. The lowest BCUT2D eigenvalue weighted by Gasteiger charge is -2.34. The van der Waals surface area contributed by atoms with Crippen LogP contribution in [-0.4, -0.2) is 37.0 Å². The molecule has 5 nitrogen and oxygen atoms in total. The van der Waals surface area contributed by atoms with E-state index < -0.39 is 16.1 Å². The molecule has 0 aliphatic carbocycles. The molecule has 0 spiro atoms. The van der Waals surface area contributed by atoms with Crippen molar-refractivity contribution in [2.45, 2.75) is 25.9 Å². The minimum absolute atomic E-state index is 0.0135. The minimum atomic E-state index is -3.44. The quantitative estimate of drug-likeness (QED) is 0.827. The van der Waals surface area contributed by atoms with Gasteiger partial charge in [0.05, 0.1) is 5.75 Å². The van der Waals surface area contributed by atoms with Crippen LogP contribution in [0.4, 0.5) is 0 Å². The van der Waals surface area contributed by atoms with E-state index >= 15 is 0 Å². The first kappa shape index (κ1) is 15.7. The van der Waals surface area contributed by atoms with E-state index in [1.165, 1.54) is 4.31 Å². The van der Waals surface area contributed by atoms with Gasteiger partial charge in [0.1, 0.15) is 6.04 Å². The van der Waals surface area contributed by atoms with Crippen molar-refractivity contribution in [2.75, 3.05) is 12.3 Å². The Balaban J connectivity index is 2.35. The summed E-state index contributed by atoms with van der Waals surface area (Å²) in [6.07, 6.45) is 1.98. The van der Waals surface area contributed by atoms with E-state index in [9.17, 15) is 13.2 Å². The first-order valence-corrected chi connectivity index (χ1v) is 8.55. The third-order valence-electron chi connectivity index (χ3n) is 3.65. The number of fused-ring (bicyclic) bond motifs is 1. The average Bonchev–Trinajstić information content (AvgIpc) is 2.51. The van der Waals surface area contributed by atoms with Gasteiger partial charge in [0.2, 0.25) is 15.9 Å². The van der Waals surface area contributed by atoms with Crippen molar-refractivity contribution >= 4 is 15.9 Å². The third kappa shape index (κ3) is 3.33. The zero-order valence-electron chi connectivity index (χ0n) is 12.1. The number of carbonyl (C=O) groups is 1. The molecule has 0 aromatic heterocycles. The van der Waals surface area contributed by atoms with Gasteiger partial charge >= 0.3 is 0 Å². The van der Waals surface area contributed by atoms with E-state index in [0.29, 0.717) is 13.0 Å². The van der Waals surface area contributed by atoms with Gasteiger partial charge in [-0.15, -0.1) is 6.58 Å². The van der Waals surface area contributed by atoms with Crippen molar-refractivity contribution in [3.05, 3.63) is 48.0 Å². The summed E-state index contributed by atoms with van der Waals surface area (Å²) in [4.78, 5) is 12.3. The Morgan fingerprint density at radius 2 is 2.10 bits per heavy atom. The Morgan fingerprint density at radius 1 is 1.43 bits per heavy atom. The van der Waals surface area contributed by atoms with Crippen LogP contribution in [0.15, 0.2) is 36.9 Å². The molecule has 1 aliphatic rings. The van der Waals surface area contributed by atoms with Gasteiger partial charge in [0, 0.05) is 13.1 Å². The molecule has 1 N–H and O–H groups in total. The largest absolute Gasteiger partial charge is 0.351 e. The summed E-state index contributed by atoms with van der Waals surface area (Å²) < 4.78 is 25.9. The van der Waals surface area contributed by atoms with Crippen molar-refractivity contribution in [3.63, 3.8) is 0 Å². The predicted octanol–water partition coefficient (Wildman–Crippen LogP) is 1.07. The monoisotopic (exact) mass is 308 g/mol.